The lowest BCUT2D eigenvalue weighted by molar-refractivity contribution is -0.121. The highest BCUT2D eigenvalue weighted by Gasteiger charge is 2.40. The summed E-state index contributed by atoms with van der Waals surface area (Å²) in [4.78, 5) is 16.3. The van der Waals surface area contributed by atoms with Gasteiger partial charge < -0.3 is 10.2 Å². The molecular weight excluding hydrogens is 242 g/mol. The van der Waals surface area contributed by atoms with E-state index in [0.717, 1.165) is 11.1 Å². The minimum absolute atomic E-state index is 0.126. The van der Waals surface area contributed by atoms with Crippen molar-refractivity contribution in [2.45, 2.75) is 12.0 Å². The first-order chi connectivity index (χ1) is 9.21. The zero-order valence-electron chi connectivity index (χ0n) is 10.2. The highest BCUT2D eigenvalue weighted by atomic mass is 16.3. The summed E-state index contributed by atoms with van der Waals surface area (Å²) in [7, 11) is 0. The summed E-state index contributed by atoms with van der Waals surface area (Å²) < 4.78 is 5.14. The molecule has 0 radical (unpaired) electrons. The second kappa shape index (κ2) is 4.28. The molecule has 1 atom stereocenters. The molecule has 0 saturated carbocycles. The van der Waals surface area contributed by atoms with E-state index in [4.69, 9.17) is 10.2 Å². The van der Waals surface area contributed by atoms with Crippen LogP contribution in [0.2, 0.25) is 0 Å². The second-order valence-electron chi connectivity index (χ2n) is 4.46. The van der Waals surface area contributed by atoms with Crippen LogP contribution in [0.1, 0.15) is 17.5 Å². The highest BCUT2D eigenvalue weighted by molar-refractivity contribution is 5.99. The van der Waals surface area contributed by atoms with Gasteiger partial charge in [-0.1, -0.05) is 30.3 Å². The van der Waals surface area contributed by atoms with Gasteiger partial charge in [0.05, 0.1) is 18.9 Å². The number of hydrogen-bond donors (Lipinski definition) is 2. The van der Waals surface area contributed by atoms with Crippen molar-refractivity contribution >= 4 is 11.9 Å². The molecule has 0 spiro atoms. The number of carbonyl (C=O) groups is 1. The molecule has 0 fully saturated rings. The van der Waals surface area contributed by atoms with Crippen LogP contribution in [-0.2, 0) is 10.3 Å². The number of nitrogens with one attached hydrogen (secondary N) is 1. The molecule has 2 heterocycles. The first-order valence-corrected chi connectivity index (χ1v) is 5.94. The van der Waals surface area contributed by atoms with Crippen molar-refractivity contribution in [3.63, 3.8) is 0 Å². The van der Waals surface area contributed by atoms with Crippen LogP contribution in [0.25, 0.3) is 0 Å². The van der Waals surface area contributed by atoms with Gasteiger partial charge in [-0.3, -0.25) is 10.1 Å². The SMILES string of the molecule is NC1=NC(c2ccccc2)(c2ccoc2)CC(=O)N1. The maximum Gasteiger partial charge on any atom is 0.229 e. The van der Waals surface area contributed by atoms with Crippen molar-refractivity contribution in [2.75, 3.05) is 0 Å². The zero-order valence-corrected chi connectivity index (χ0v) is 10.2. The number of guanidine groups is 1. The van der Waals surface area contributed by atoms with E-state index in [2.05, 4.69) is 10.3 Å². The van der Waals surface area contributed by atoms with Gasteiger partial charge in [0, 0.05) is 5.56 Å². The zero-order chi connectivity index (χ0) is 13.3. The van der Waals surface area contributed by atoms with Crippen molar-refractivity contribution in [3.8, 4) is 0 Å². The quantitative estimate of drug-likeness (QED) is 0.850. The molecular formula is C14H13N3O2. The largest absolute Gasteiger partial charge is 0.472 e. The van der Waals surface area contributed by atoms with Gasteiger partial charge in [-0.05, 0) is 11.6 Å². The summed E-state index contributed by atoms with van der Waals surface area (Å²) in [6.45, 7) is 0. The average Bonchev–Trinajstić information content (AvgIpc) is 2.93. The van der Waals surface area contributed by atoms with Crippen molar-refractivity contribution in [1.29, 1.82) is 0 Å². The Hall–Kier alpha value is -2.56. The maximum absolute atomic E-state index is 11.9. The third-order valence-corrected chi connectivity index (χ3v) is 3.25. The third-order valence-electron chi connectivity index (χ3n) is 3.25. The van der Waals surface area contributed by atoms with Gasteiger partial charge in [0.25, 0.3) is 0 Å². The van der Waals surface area contributed by atoms with Crippen LogP contribution < -0.4 is 11.1 Å². The molecule has 0 aliphatic carbocycles. The molecule has 1 unspecified atom stereocenters. The van der Waals surface area contributed by atoms with Crippen LogP contribution in [0.15, 0.2) is 58.3 Å². The molecule has 3 rings (SSSR count). The van der Waals surface area contributed by atoms with Crippen LogP contribution >= 0.6 is 0 Å². The number of hydrogen-bond acceptors (Lipinski definition) is 4. The molecule has 1 aromatic heterocycles. The Bertz CT molecular complexity index is 619. The molecule has 1 aromatic carbocycles. The topological polar surface area (TPSA) is 80.6 Å². The fourth-order valence-electron chi connectivity index (χ4n) is 2.41. The van der Waals surface area contributed by atoms with E-state index in [1.54, 1.807) is 12.5 Å². The number of amides is 1. The number of benzene rings is 1. The first-order valence-electron chi connectivity index (χ1n) is 5.94. The predicted octanol–water partition coefficient (Wildman–Crippen LogP) is 1.36. The number of nitrogens with two attached hydrogens (primary N) is 1. The summed E-state index contributed by atoms with van der Waals surface area (Å²) in [5, 5.41) is 2.52. The minimum Gasteiger partial charge on any atom is -0.472 e. The number of carbonyl (C=O) groups excluding carboxylic acids is 1. The van der Waals surface area contributed by atoms with E-state index < -0.39 is 5.54 Å². The van der Waals surface area contributed by atoms with Gasteiger partial charge in [0.15, 0.2) is 5.96 Å². The summed E-state index contributed by atoms with van der Waals surface area (Å²) in [5.41, 5.74) is 6.65. The maximum atomic E-state index is 11.9. The van der Waals surface area contributed by atoms with E-state index in [9.17, 15) is 4.79 Å². The normalized spacial score (nSPS) is 22.7. The first kappa shape index (κ1) is 11.5. The summed E-state index contributed by atoms with van der Waals surface area (Å²) in [6.07, 6.45) is 3.37. The lowest BCUT2D eigenvalue weighted by atomic mass is 9.81. The third kappa shape index (κ3) is 1.89. The molecule has 96 valence electrons. The Kier molecular flexibility index (Phi) is 2.59. The number of aliphatic imine (C=N–C) groups is 1. The molecule has 3 N–H and O–H groups in total. The Balaban J connectivity index is 2.22. The smallest absolute Gasteiger partial charge is 0.229 e. The van der Waals surface area contributed by atoms with Crippen LogP contribution in [0, 0.1) is 0 Å². The van der Waals surface area contributed by atoms with Crippen LogP contribution in [0.3, 0.4) is 0 Å². The number of nitrogens with zero attached hydrogens (tertiary/aromatic N) is 1. The standard InChI is InChI=1S/C14H13N3O2/c15-13-16-12(18)8-14(17-13,11-6-7-19-9-11)10-4-2-1-3-5-10/h1-7,9H,8H2,(H3,15,16,17,18). The molecule has 0 saturated heterocycles. The Labute approximate surface area is 110 Å². The molecule has 0 bridgehead atoms. The minimum atomic E-state index is -0.805. The van der Waals surface area contributed by atoms with E-state index in [1.807, 2.05) is 36.4 Å². The van der Waals surface area contributed by atoms with Gasteiger partial charge in [0.1, 0.15) is 5.54 Å². The van der Waals surface area contributed by atoms with Crippen molar-refractivity contribution in [3.05, 3.63) is 60.1 Å². The van der Waals surface area contributed by atoms with Crippen LogP contribution in [-0.4, -0.2) is 11.9 Å². The predicted molar refractivity (Wildman–Crippen MR) is 70.3 cm³/mol. The molecule has 2 aromatic rings. The fraction of sp³-hybridized carbons (Fsp3) is 0.143. The highest BCUT2D eigenvalue weighted by Crippen LogP contribution is 2.38. The summed E-state index contributed by atoms with van der Waals surface area (Å²) in [5.74, 6) is -0.0288. The molecule has 1 amide bonds. The molecule has 1 aliphatic heterocycles. The Morgan fingerprint density at radius 3 is 2.63 bits per heavy atom. The lowest BCUT2D eigenvalue weighted by Gasteiger charge is -2.32. The van der Waals surface area contributed by atoms with E-state index >= 15 is 0 Å². The monoisotopic (exact) mass is 255 g/mol. The van der Waals surface area contributed by atoms with Crippen LogP contribution in [0.5, 0.6) is 0 Å². The molecule has 5 heteroatoms. The molecule has 1 aliphatic rings. The van der Waals surface area contributed by atoms with Gasteiger partial charge in [-0.25, -0.2) is 4.99 Å². The van der Waals surface area contributed by atoms with E-state index in [0.29, 0.717) is 0 Å². The number of furan rings is 1. The van der Waals surface area contributed by atoms with Gasteiger partial charge in [-0.2, -0.15) is 0 Å². The molecule has 5 nitrogen and oxygen atoms in total. The summed E-state index contributed by atoms with van der Waals surface area (Å²) >= 11 is 0. The van der Waals surface area contributed by atoms with Gasteiger partial charge in [-0.15, -0.1) is 0 Å². The lowest BCUT2D eigenvalue weighted by Crippen LogP contribution is -2.47. The van der Waals surface area contributed by atoms with E-state index in [1.165, 1.54) is 0 Å². The van der Waals surface area contributed by atoms with Crippen molar-refractivity contribution < 1.29 is 9.21 Å². The summed E-state index contributed by atoms with van der Waals surface area (Å²) in [6, 6.07) is 11.4. The van der Waals surface area contributed by atoms with Gasteiger partial charge in [0.2, 0.25) is 5.91 Å². The van der Waals surface area contributed by atoms with Crippen LogP contribution in [0.4, 0.5) is 0 Å². The Morgan fingerprint density at radius 2 is 2.00 bits per heavy atom. The molecule has 19 heavy (non-hydrogen) atoms. The average molecular weight is 255 g/mol. The second-order valence-corrected chi connectivity index (χ2v) is 4.46. The van der Waals surface area contributed by atoms with Crippen molar-refractivity contribution in [2.24, 2.45) is 10.7 Å². The van der Waals surface area contributed by atoms with E-state index in [-0.39, 0.29) is 18.3 Å². The number of rotatable bonds is 2. The van der Waals surface area contributed by atoms with Gasteiger partial charge >= 0.3 is 0 Å². The van der Waals surface area contributed by atoms with Crippen molar-refractivity contribution in [1.82, 2.24) is 5.32 Å². The Morgan fingerprint density at radius 1 is 1.21 bits per heavy atom. The fourth-order valence-corrected chi connectivity index (χ4v) is 2.41.